The fourth-order valence-corrected chi connectivity index (χ4v) is 1.85. The van der Waals surface area contributed by atoms with Gasteiger partial charge < -0.3 is 15.7 Å². The molecule has 0 aromatic carbocycles. The van der Waals surface area contributed by atoms with Crippen LogP contribution in [0.4, 0.5) is 11.5 Å². The summed E-state index contributed by atoms with van der Waals surface area (Å²) in [5.74, 6) is 0.876. The maximum Gasteiger partial charge on any atom is 0.127 e. The maximum absolute atomic E-state index is 9.55. The van der Waals surface area contributed by atoms with Crippen LogP contribution in [-0.2, 0) is 0 Å². The molecule has 0 aliphatic carbocycles. The van der Waals surface area contributed by atoms with Gasteiger partial charge in [0, 0.05) is 24.5 Å². The first-order chi connectivity index (χ1) is 8.69. The average molecular weight is 251 g/mol. The minimum absolute atomic E-state index is 0.139. The summed E-state index contributed by atoms with van der Waals surface area (Å²) in [6, 6.07) is 3.93. The van der Waals surface area contributed by atoms with Crippen molar-refractivity contribution in [2.24, 2.45) is 0 Å². The first-order valence-electron chi connectivity index (χ1n) is 6.78. The number of hydrogen-bond donors (Lipinski definition) is 3. The number of nitrogens with one attached hydrogen (secondary N) is 2. The van der Waals surface area contributed by atoms with Crippen molar-refractivity contribution in [2.45, 2.75) is 45.6 Å². The summed E-state index contributed by atoms with van der Waals surface area (Å²) in [7, 11) is 0. The van der Waals surface area contributed by atoms with E-state index in [1.807, 2.05) is 12.1 Å². The van der Waals surface area contributed by atoms with Crippen LogP contribution in [-0.4, -0.2) is 28.8 Å². The smallest absolute Gasteiger partial charge is 0.127 e. The van der Waals surface area contributed by atoms with E-state index in [0.717, 1.165) is 37.3 Å². The number of nitrogens with zero attached hydrogens (tertiary/aromatic N) is 1. The van der Waals surface area contributed by atoms with Crippen LogP contribution in [0.2, 0.25) is 0 Å². The lowest BCUT2D eigenvalue weighted by molar-refractivity contribution is 0.202. The summed E-state index contributed by atoms with van der Waals surface area (Å²) in [4.78, 5) is 4.27. The lowest BCUT2D eigenvalue weighted by Crippen LogP contribution is -2.40. The summed E-state index contributed by atoms with van der Waals surface area (Å²) in [5.41, 5.74) is 0.768. The summed E-state index contributed by atoms with van der Waals surface area (Å²) < 4.78 is 0. The standard InChI is InChI=1S/C14H25N3O/c1-4-8-15-13-10-12(7-9-16-13)17-14(5-2,6-3)11-18/h7,9-10,18H,4-6,8,11H2,1-3H3,(H2,15,16,17). The Morgan fingerprint density at radius 2 is 2.00 bits per heavy atom. The van der Waals surface area contributed by atoms with Gasteiger partial charge in [0.1, 0.15) is 5.82 Å². The van der Waals surface area contributed by atoms with Gasteiger partial charge in [-0.25, -0.2) is 4.98 Å². The van der Waals surface area contributed by atoms with Gasteiger partial charge in [-0.15, -0.1) is 0 Å². The number of rotatable bonds is 8. The van der Waals surface area contributed by atoms with Crippen molar-refractivity contribution in [2.75, 3.05) is 23.8 Å². The second-order valence-electron chi connectivity index (χ2n) is 4.63. The number of aliphatic hydroxyl groups is 1. The molecule has 102 valence electrons. The molecule has 0 saturated carbocycles. The van der Waals surface area contributed by atoms with Crippen molar-refractivity contribution >= 4 is 11.5 Å². The largest absolute Gasteiger partial charge is 0.394 e. The Morgan fingerprint density at radius 1 is 1.28 bits per heavy atom. The molecule has 1 rings (SSSR count). The van der Waals surface area contributed by atoms with E-state index in [9.17, 15) is 5.11 Å². The maximum atomic E-state index is 9.55. The molecule has 0 amide bonds. The van der Waals surface area contributed by atoms with Gasteiger partial charge >= 0.3 is 0 Å². The van der Waals surface area contributed by atoms with Gasteiger partial charge in [0.15, 0.2) is 0 Å². The zero-order valence-corrected chi connectivity index (χ0v) is 11.7. The van der Waals surface area contributed by atoms with Gasteiger partial charge in [-0.1, -0.05) is 20.8 Å². The molecule has 0 fully saturated rings. The fraction of sp³-hybridized carbons (Fsp3) is 0.643. The topological polar surface area (TPSA) is 57.2 Å². The number of pyridine rings is 1. The molecule has 3 N–H and O–H groups in total. The Kier molecular flexibility index (Phi) is 5.92. The number of hydrogen-bond acceptors (Lipinski definition) is 4. The number of anilines is 2. The van der Waals surface area contributed by atoms with E-state index in [0.29, 0.717) is 0 Å². The van der Waals surface area contributed by atoms with Gasteiger partial charge in [0.25, 0.3) is 0 Å². The van der Waals surface area contributed by atoms with Gasteiger partial charge in [-0.05, 0) is 25.3 Å². The van der Waals surface area contributed by atoms with Gasteiger partial charge in [-0.3, -0.25) is 0 Å². The van der Waals surface area contributed by atoms with E-state index in [4.69, 9.17) is 0 Å². The molecule has 4 heteroatoms. The van der Waals surface area contributed by atoms with Crippen LogP contribution in [0.15, 0.2) is 18.3 Å². The third kappa shape index (κ3) is 3.88. The van der Waals surface area contributed by atoms with E-state index in [-0.39, 0.29) is 12.1 Å². The highest BCUT2D eigenvalue weighted by Crippen LogP contribution is 2.22. The summed E-state index contributed by atoms with van der Waals surface area (Å²) in [6.45, 7) is 7.36. The van der Waals surface area contributed by atoms with Crippen molar-refractivity contribution in [1.82, 2.24) is 4.98 Å². The lowest BCUT2D eigenvalue weighted by atomic mass is 9.93. The molecule has 1 aromatic heterocycles. The first kappa shape index (κ1) is 14.8. The first-order valence-corrected chi connectivity index (χ1v) is 6.78. The highest BCUT2D eigenvalue weighted by molar-refractivity contribution is 5.53. The SMILES string of the molecule is CCCNc1cc(NC(CC)(CC)CO)ccn1. The molecular formula is C14H25N3O. The molecule has 1 aromatic rings. The molecule has 0 bridgehead atoms. The van der Waals surface area contributed by atoms with Crippen LogP contribution < -0.4 is 10.6 Å². The van der Waals surface area contributed by atoms with Gasteiger partial charge in [0.05, 0.1) is 12.1 Å². The third-order valence-electron chi connectivity index (χ3n) is 3.38. The van der Waals surface area contributed by atoms with E-state index in [1.54, 1.807) is 6.20 Å². The summed E-state index contributed by atoms with van der Waals surface area (Å²) in [6.07, 6.45) is 4.64. The molecule has 0 aliphatic rings. The minimum atomic E-state index is -0.233. The third-order valence-corrected chi connectivity index (χ3v) is 3.38. The monoisotopic (exact) mass is 251 g/mol. The van der Waals surface area contributed by atoms with E-state index >= 15 is 0 Å². The lowest BCUT2D eigenvalue weighted by Gasteiger charge is -2.32. The predicted molar refractivity (Wildman–Crippen MR) is 77.0 cm³/mol. The fourth-order valence-electron chi connectivity index (χ4n) is 1.85. The van der Waals surface area contributed by atoms with Crippen molar-refractivity contribution < 1.29 is 5.11 Å². The van der Waals surface area contributed by atoms with Crippen LogP contribution >= 0.6 is 0 Å². The molecule has 0 radical (unpaired) electrons. The van der Waals surface area contributed by atoms with Gasteiger partial charge in [-0.2, -0.15) is 0 Å². The van der Waals surface area contributed by atoms with E-state index < -0.39 is 0 Å². The summed E-state index contributed by atoms with van der Waals surface area (Å²) in [5, 5.41) is 16.2. The molecular weight excluding hydrogens is 226 g/mol. The quantitative estimate of drug-likeness (QED) is 0.665. The minimum Gasteiger partial charge on any atom is -0.394 e. The van der Waals surface area contributed by atoms with E-state index in [2.05, 4.69) is 36.4 Å². The molecule has 0 aliphatic heterocycles. The predicted octanol–water partition coefficient (Wildman–Crippen LogP) is 2.87. The van der Waals surface area contributed by atoms with Crippen molar-refractivity contribution in [1.29, 1.82) is 0 Å². The van der Waals surface area contributed by atoms with Crippen LogP contribution in [0.5, 0.6) is 0 Å². The van der Waals surface area contributed by atoms with Crippen LogP contribution in [0, 0.1) is 0 Å². The Balaban J connectivity index is 2.77. The van der Waals surface area contributed by atoms with E-state index in [1.165, 1.54) is 0 Å². The number of aromatic nitrogens is 1. The Morgan fingerprint density at radius 3 is 2.56 bits per heavy atom. The average Bonchev–Trinajstić information content (AvgIpc) is 2.43. The van der Waals surface area contributed by atoms with Crippen LogP contribution in [0.1, 0.15) is 40.0 Å². The molecule has 0 atom stereocenters. The Labute approximate surface area is 110 Å². The zero-order valence-electron chi connectivity index (χ0n) is 11.7. The highest BCUT2D eigenvalue weighted by atomic mass is 16.3. The van der Waals surface area contributed by atoms with Crippen LogP contribution in [0.3, 0.4) is 0 Å². The molecule has 4 nitrogen and oxygen atoms in total. The number of aliphatic hydroxyl groups excluding tert-OH is 1. The molecule has 0 saturated heterocycles. The Bertz CT molecular complexity index is 342. The second kappa shape index (κ2) is 7.21. The van der Waals surface area contributed by atoms with Crippen molar-refractivity contribution in [3.05, 3.63) is 18.3 Å². The van der Waals surface area contributed by atoms with Crippen molar-refractivity contribution in [3.8, 4) is 0 Å². The van der Waals surface area contributed by atoms with Crippen LogP contribution in [0.25, 0.3) is 0 Å². The normalized spacial score (nSPS) is 11.3. The zero-order chi connectivity index (χ0) is 13.4. The highest BCUT2D eigenvalue weighted by Gasteiger charge is 2.24. The molecule has 1 heterocycles. The Hall–Kier alpha value is -1.29. The molecule has 18 heavy (non-hydrogen) atoms. The van der Waals surface area contributed by atoms with Gasteiger partial charge in [0.2, 0.25) is 0 Å². The molecule has 0 spiro atoms. The second-order valence-corrected chi connectivity index (χ2v) is 4.63. The van der Waals surface area contributed by atoms with Crippen molar-refractivity contribution in [3.63, 3.8) is 0 Å². The summed E-state index contributed by atoms with van der Waals surface area (Å²) >= 11 is 0. The molecule has 0 unspecified atom stereocenters.